The zero-order chi connectivity index (χ0) is 19.3. The third-order valence-electron chi connectivity index (χ3n) is 5.24. The van der Waals surface area contributed by atoms with Crippen molar-refractivity contribution in [3.05, 3.63) is 59.1 Å². The van der Waals surface area contributed by atoms with Crippen LogP contribution in [0.4, 0.5) is 0 Å². The summed E-state index contributed by atoms with van der Waals surface area (Å²) in [5.41, 5.74) is 1.33. The van der Waals surface area contributed by atoms with E-state index in [1.807, 2.05) is 12.1 Å². The Morgan fingerprint density at radius 3 is 2.26 bits per heavy atom. The van der Waals surface area contributed by atoms with Gasteiger partial charge in [0.2, 0.25) is 0 Å². The number of methoxy groups -OCH3 is 1. The van der Waals surface area contributed by atoms with Gasteiger partial charge in [0.05, 0.1) is 17.8 Å². The molecule has 0 aliphatic carbocycles. The van der Waals surface area contributed by atoms with Crippen LogP contribution in [0.15, 0.2) is 53.4 Å². The van der Waals surface area contributed by atoms with Crippen molar-refractivity contribution in [1.29, 1.82) is 0 Å². The standard InChI is InChI=1S/C21H26ClNO3S/c1-26-20-6-2-17(3-7-20)16-18-10-12-23(13-11-18)14-15-27(24,25)21-8-4-19(22)5-9-21/h2-9,18H,10-16H2,1H3. The molecule has 1 aliphatic rings. The number of sulfone groups is 1. The quantitative estimate of drug-likeness (QED) is 0.693. The van der Waals surface area contributed by atoms with Gasteiger partial charge in [0, 0.05) is 11.6 Å². The van der Waals surface area contributed by atoms with E-state index in [1.54, 1.807) is 31.4 Å². The van der Waals surface area contributed by atoms with Gasteiger partial charge in [-0.2, -0.15) is 0 Å². The minimum Gasteiger partial charge on any atom is -0.497 e. The Balaban J connectivity index is 1.45. The highest BCUT2D eigenvalue weighted by Crippen LogP contribution is 2.23. The summed E-state index contributed by atoms with van der Waals surface area (Å²) in [6.07, 6.45) is 3.28. The van der Waals surface area contributed by atoms with Crippen molar-refractivity contribution in [3.8, 4) is 5.75 Å². The number of ether oxygens (including phenoxy) is 1. The third-order valence-corrected chi connectivity index (χ3v) is 7.20. The number of rotatable bonds is 7. The minimum absolute atomic E-state index is 0.151. The molecule has 0 saturated carbocycles. The number of likely N-dealkylation sites (tertiary alicyclic amines) is 1. The van der Waals surface area contributed by atoms with Crippen molar-refractivity contribution < 1.29 is 13.2 Å². The highest BCUT2D eigenvalue weighted by atomic mass is 35.5. The van der Waals surface area contributed by atoms with E-state index in [0.717, 1.165) is 38.1 Å². The van der Waals surface area contributed by atoms with Gasteiger partial charge in [-0.1, -0.05) is 23.7 Å². The van der Waals surface area contributed by atoms with Crippen LogP contribution in [-0.4, -0.2) is 45.8 Å². The fourth-order valence-electron chi connectivity index (χ4n) is 3.52. The van der Waals surface area contributed by atoms with Crippen molar-refractivity contribution in [2.24, 2.45) is 5.92 Å². The lowest BCUT2D eigenvalue weighted by molar-refractivity contribution is 0.193. The molecule has 1 heterocycles. The van der Waals surface area contributed by atoms with E-state index in [1.165, 1.54) is 5.56 Å². The molecule has 3 rings (SSSR count). The highest BCUT2D eigenvalue weighted by molar-refractivity contribution is 7.91. The largest absolute Gasteiger partial charge is 0.497 e. The molecule has 1 fully saturated rings. The molecule has 0 N–H and O–H groups in total. The van der Waals surface area contributed by atoms with Crippen LogP contribution in [0.3, 0.4) is 0 Å². The SMILES string of the molecule is COc1ccc(CC2CCN(CCS(=O)(=O)c3ccc(Cl)cc3)CC2)cc1. The molecule has 0 bridgehead atoms. The molecule has 0 atom stereocenters. The van der Waals surface area contributed by atoms with Gasteiger partial charge in [-0.3, -0.25) is 0 Å². The first-order chi connectivity index (χ1) is 13.0. The molecule has 0 unspecified atom stereocenters. The van der Waals surface area contributed by atoms with Crippen molar-refractivity contribution in [2.75, 3.05) is 32.5 Å². The molecule has 2 aromatic carbocycles. The van der Waals surface area contributed by atoms with Crippen molar-refractivity contribution >= 4 is 21.4 Å². The Hall–Kier alpha value is -1.56. The summed E-state index contributed by atoms with van der Waals surface area (Å²) in [4.78, 5) is 2.61. The first-order valence-corrected chi connectivity index (χ1v) is 11.3. The Morgan fingerprint density at radius 1 is 1.04 bits per heavy atom. The number of hydrogen-bond donors (Lipinski definition) is 0. The van der Waals surface area contributed by atoms with Crippen LogP contribution in [-0.2, 0) is 16.3 Å². The lowest BCUT2D eigenvalue weighted by atomic mass is 9.90. The number of halogens is 1. The van der Waals surface area contributed by atoms with Crippen molar-refractivity contribution in [2.45, 2.75) is 24.2 Å². The smallest absolute Gasteiger partial charge is 0.179 e. The molecule has 1 aliphatic heterocycles. The summed E-state index contributed by atoms with van der Waals surface area (Å²) in [6.45, 7) is 2.49. The van der Waals surface area contributed by atoms with Crippen LogP contribution in [0.2, 0.25) is 5.02 Å². The molecule has 0 aromatic heterocycles. The summed E-state index contributed by atoms with van der Waals surface area (Å²) in [5.74, 6) is 1.69. The highest BCUT2D eigenvalue weighted by Gasteiger charge is 2.22. The van der Waals surface area contributed by atoms with E-state index in [2.05, 4.69) is 17.0 Å². The Bertz CT molecular complexity index is 827. The molecule has 0 amide bonds. The maximum absolute atomic E-state index is 12.5. The maximum Gasteiger partial charge on any atom is 0.179 e. The normalized spacial score (nSPS) is 16.4. The van der Waals surface area contributed by atoms with Crippen molar-refractivity contribution in [1.82, 2.24) is 4.90 Å². The Morgan fingerprint density at radius 2 is 1.67 bits per heavy atom. The fourth-order valence-corrected chi connectivity index (χ4v) is 4.93. The molecular weight excluding hydrogens is 382 g/mol. The summed E-state index contributed by atoms with van der Waals surface area (Å²) in [5, 5.41) is 0.549. The molecule has 1 saturated heterocycles. The predicted molar refractivity (Wildman–Crippen MR) is 109 cm³/mol. The molecule has 0 spiro atoms. The van der Waals surface area contributed by atoms with Crippen molar-refractivity contribution in [3.63, 3.8) is 0 Å². The lowest BCUT2D eigenvalue weighted by Crippen LogP contribution is -2.37. The summed E-state index contributed by atoms with van der Waals surface area (Å²) in [7, 11) is -1.58. The zero-order valence-corrected chi connectivity index (χ0v) is 17.2. The molecule has 27 heavy (non-hydrogen) atoms. The van der Waals surface area contributed by atoms with E-state index in [0.29, 0.717) is 22.4 Å². The van der Waals surface area contributed by atoms with Crippen LogP contribution in [0, 0.1) is 5.92 Å². The van der Waals surface area contributed by atoms with E-state index >= 15 is 0 Å². The van der Waals surface area contributed by atoms with Crippen LogP contribution in [0.5, 0.6) is 5.75 Å². The average Bonchev–Trinajstić information content (AvgIpc) is 2.68. The third kappa shape index (κ3) is 5.71. The lowest BCUT2D eigenvalue weighted by Gasteiger charge is -2.32. The first kappa shape index (κ1) is 20.2. The van der Waals surface area contributed by atoms with E-state index in [9.17, 15) is 8.42 Å². The zero-order valence-electron chi connectivity index (χ0n) is 15.6. The molecule has 0 radical (unpaired) electrons. The first-order valence-electron chi connectivity index (χ1n) is 9.30. The van der Waals surface area contributed by atoms with Gasteiger partial charge in [0.15, 0.2) is 9.84 Å². The summed E-state index contributed by atoms with van der Waals surface area (Å²) < 4.78 is 30.1. The fraction of sp³-hybridized carbons (Fsp3) is 0.429. The van der Waals surface area contributed by atoms with Gasteiger partial charge in [-0.25, -0.2) is 8.42 Å². The Labute approximate surface area is 167 Å². The summed E-state index contributed by atoms with van der Waals surface area (Å²) >= 11 is 5.84. The monoisotopic (exact) mass is 407 g/mol. The number of nitrogens with zero attached hydrogens (tertiary/aromatic N) is 1. The van der Waals surface area contributed by atoms with Gasteiger partial charge >= 0.3 is 0 Å². The predicted octanol–water partition coefficient (Wildman–Crippen LogP) is 4.08. The van der Waals surface area contributed by atoms with Gasteiger partial charge in [0.25, 0.3) is 0 Å². The van der Waals surface area contributed by atoms with Crippen LogP contribution < -0.4 is 4.74 Å². The van der Waals surface area contributed by atoms with Crippen LogP contribution in [0.25, 0.3) is 0 Å². The number of piperidine rings is 1. The minimum atomic E-state index is -3.26. The van der Waals surface area contributed by atoms with Crippen LogP contribution in [0.1, 0.15) is 18.4 Å². The molecule has 2 aromatic rings. The van der Waals surface area contributed by atoms with Gasteiger partial charge in [-0.05, 0) is 80.2 Å². The summed E-state index contributed by atoms with van der Waals surface area (Å²) in [6, 6.07) is 14.7. The van der Waals surface area contributed by atoms with Gasteiger partial charge in [0.1, 0.15) is 5.75 Å². The molecule has 146 valence electrons. The second kappa shape index (κ2) is 9.09. The molecular formula is C21H26ClNO3S. The topological polar surface area (TPSA) is 46.6 Å². The average molecular weight is 408 g/mol. The number of hydrogen-bond acceptors (Lipinski definition) is 4. The van der Waals surface area contributed by atoms with Gasteiger partial charge < -0.3 is 9.64 Å². The van der Waals surface area contributed by atoms with E-state index in [-0.39, 0.29) is 5.75 Å². The van der Waals surface area contributed by atoms with E-state index in [4.69, 9.17) is 16.3 Å². The molecule has 6 heteroatoms. The Kier molecular flexibility index (Phi) is 6.79. The van der Waals surface area contributed by atoms with E-state index < -0.39 is 9.84 Å². The van der Waals surface area contributed by atoms with Gasteiger partial charge in [-0.15, -0.1) is 0 Å². The molecule has 4 nitrogen and oxygen atoms in total. The number of benzene rings is 2. The second-order valence-corrected chi connectivity index (χ2v) is 9.66. The maximum atomic E-state index is 12.5. The van der Waals surface area contributed by atoms with Crippen LogP contribution >= 0.6 is 11.6 Å². The second-order valence-electron chi connectivity index (χ2n) is 7.11.